The van der Waals surface area contributed by atoms with Crippen LogP contribution in [0.4, 0.5) is 5.69 Å². The monoisotopic (exact) mass is 382 g/mol. The lowest BCUT2D eigenvalue weighted by Gasteiger charge is -2.14. The van der Waals surface area contributed by atoms with Gasteiger partial charge < -0.3 is 0 Å². The fraction of sp³-hybridized carbons (Fsp3) is 0.455. The van der Waals surface area contributed by atoms with Gasteiger partial charge in [0.1, 0.15) is 0 Å². The Morgan fingerprint density at radius 1 is 1.15 bits per heavy atom. The van der Waals surface area contributed by atoms with Crippen LogP contribution in [0.2, 0.25) is 0 Å². The quantitative estimate of drug-likeness (QED) is 0.827. The third-order valence-electron chi connectivity index (χ3n) is 3.24. The van der Waals surface area contributed by atoms with Crippen molar-refractivity contribution in [2.24, 2.45) is 5.14 Å². The molecule has 0 unspecified atom stereocenters. The van der Waals surface area contributed by atoms with Crippen LogP contribution in [0.1, 0.15) is 25.7 Å². The number of benzene rings is 1. The number of nitrogens with two attached hydrogens (primary N) is 1. The molecule has 0 atom stereocenters. The molecule has 1 aliphatic carbocycles. The molecule has 1 saturated carbocycles. The highest BCUT2D eigenvalue weighted by molar-refractivity contribution is 9.10. The molecule has 1 fully saturated rings. The largest absolute Gasteiger partial charge is 0.283 e. The van der Waals surface area contributed by atoms with Crippen LogP contribution < -0.4 is 9.86 Å². The van der Waals surface area contributed by atoms with Gasteiger partial charge in [-0.2, -0.15) is 0 Å². The van der Waals surface area contributed by atoms with E-state index >= 15 is 0 Å². The average Bonchev–Trinajstić information content (AvgIpc) is 2.80. The summed E-state index contributed by atoms with van der Waals surface area (Å²) in [7, 11) is -7.26. The minimum Gasteiger partial charge on any atom is -0.283 e. The van der Waals surface area contributed by atoms with E-state index in [0.29, 0.717) is 18.5 Å². The maximum atomic E-state index is 12.1. The summed E-state index contributed by atoms with van der Waals surface area (Å²) in [5.41, 5.74) is 0.316. The maximum absolute atomic E-state index is 12.1. The summed E-state index contributed by atoms with van der Waals surface area (Å²) in [6, 6.07) is 4.05. The average molecular weight is 383 g/mol. The summed E-state index contributed by atoms with van der Waals surface area (Å²) in [6.07, 6.45) is 3.15. The zero-order valence-electron chi connectivity index (χ0n) is 10.5. The first kappa shape index (κ1) is 15.7. The first-order valence-electron chi connectivity index (χ1n) is 6.04. The predicted molar refractivity (Wildman–Crippen MR) is 80.3 cm³/mol. The van der Waals surface area contributed by atoms with Crippen molar-refractivity contribution in [1.29, 1.82) is 0 Å². The lowest BCUT2D eigenvalue weighted by molar-refractivity contribution is 0.585. The molecule has 3 N–H and O–H groups in total. The molecule has 0 heterocycles. The first-order chi connectivity index (χ1) is 9.20. The summed E-state index contributed by atoms with van der Waals surface area (Å²) >= 11 is 3.08. The summed E-state index contributed by atoms with van der Waals surface area (Å²) in [4.78, 5) is -0.0821. The van der Waals surface area contributed by atoms with Gasteiger partial charge in [0.2, 0.25) is 20.0 Å². The highest BCUT2D eigenvalue weighted by Gasteiger charge is 2.28. The van der Waals surface area contributed by atoms with Gasteiger partial charge in [0.05, 0.1) is 10.1 Å². The zero-order valence-corrected chi connectivity index (χ0v) is 13.8. The van der Waals surface area contributed by atoms with Crippen molar-refractivity contribution >= 4 is 41.7 Å². The Morgan fingerprint density at radius 3 is 2.25 bits per heavy atom. The second kappa shape index (κ2) is 5.63. The normalized spacial score (nSPS) is 17.3. The maximum Gasteiger partial charge on any atom is 0.239 e. The highest BCUT2D eigenvalue weighted by Crippen LogP contribution is 2.29. The molecule has 1 aliphatic rings. The van der Waals surface area contributed by atoms with E-state index in [2.05, 4.69) is 20.7 Å². The third-order valence-corrected chi connectivity index (χ3v) is 7.00. The van der Waals surface area contributed by atoms with Crippen LogP contribution in [0.3, 0.4) is 0 Å². The van der Waals surface area contributed by atoms with Crippen LogP contribution in [-0.4, -0.2) is 22.1 Å². The van der Waals surface area contributed by atoms with Crippen molar-refractivity contribution in [3.8, 4) is 0 Å². The number of hydrogen-bond donors (Lipinski definition) is 2. The van der Waals surface area contributed by atoms with Gasteiger partial charge in [-0.25, -0.2) is 22.0 Å². The van der Waals surface area contributed by atoms with Gasteiger partial charge in [-0.1, -0.05) is 12.8 Å². The molecule has 0 aromatic heterocycles. The summed E-state index contributed by atoms with van der Waals surface area (Å²) < 4.78 is 49.5. The van der Waals surface area contributed by atoms with Crippen molar-refractivity contribution in [3.05, 3.63) is 22.7 Å². The van der Waals surface area contributed by atoms with Crippen LogP contribution in [0.5, 0.6) is 0 Å². The van der Waals surface area contributed by atoms with Crippen molar-refractivity contribution in [2.45, 2.75) is 35.8 Å². The van der Waals surface area contributed by atoms with E-state index < -0.39 is 20.0 Å². The highest BCUT2D eigenvalue weighted by atomic mass is 79.9. The summed E-state index contributed by atoms with van der Waals surface area (Å²) in [5, 5.41) is 4.66. The lowest BCUT2D eigenvalue weighted by atomic mass is 10.3. The van der Waals surface area contributed by atoms with E-state index in [1.165, 1.54) is 18.2 Å². The number of halogens is 1. The Kier molecular flexibility index (Phi) is 4.43. The second-order valence-corrected chi connectivity index (χ2v) is 9.09. The molecule has 0 bridgehead atoms. The van der Waals surface area contributed by atoms with Crippen molar-refractivity contribution < 1.29 is 16.8 Å². The van der Waals surface area contributed by atoms with Crippen molar-refractivity contribution in [3.63, 3.8) is 0 Å². The van der Waals surface area contributed by atoms with E-state index in [-0.39, 0.29) is 14.6 Å². The number of anilines is 1. The molecule has 1 aromatic carbocycles. The molecule has 20 heavy (non-hydrogen) atoms. The fourth-order valence-corrected chi connectivity index (χ4v) is 5.46. The summed E-state index contributed by atoms with van der Waals surface area (Å²) in [5.74, 6) is 0. The third kappa shape index (κ3) is 3.51. The van der Waals surface area contributed by atoms with Crippen LogP contribution in [0.25, 0.3) is 0 Å². The van der Waals surface area contributed by atoms with Crippen LogP contribution in [0, 0.1) is 0 Å². The second-order valence-electron chi connectivity index (χ2n) is 4.74. The number of nitrogens with one attached hydrogen (secondary N) is 1. The number of hydrogen-bond acceptors (Lipinski definition) is 4. The first-order valence-corrected chi connectivity index (χ1v) is 9.93. The van der Waals surface area contributed by atoms with E-state index in [0.717, 1.165) is 12.8 Å². The molecule has 6 nitrogen and oxygen atoms in total. The smallest absolute Gasteiger partial charge is 0.239 e. The van der Waals surface area contributed by atoms with Crippen molar-refractivity contribution in [1.82, 2.24) is 0 Å². The standard InChI is InChI=1S/C11H15BrN2O4S2/c12-10-7-8(5-6-11(10)19(13,15)16)14-20(17,18)9-3-1-2-4-9/h5-7,9,14H,1-4H2,(H2,13,15,16). The zero-order chi connectivity index (χ0) is 15.0. The molecule has 2 rings (SSSR count). The number of sulfonamides is 2. The van der Waals surface area contributed by atoms with E-state index in [1.54, 1.807) is 0 Å². The van der Waals surface area contributed by atoms with Gasteiger partial charge in [-0.15, -0.1) is 0 Å². The molecule has 112 valence electrons. The van der Waals surface area contributed by atoms with Gasteiger partial charge >= 0.3 is 0 Å². The SMILES string of the molecule is NS(=O)(=O)c1ccc(NS(=O)(=O)C2CCCC2)cc1Br. The Labute approximate surface area is 127 Å². The Balaban J connectivity index is 2.25. The van der Waals surface area contributed by atoms with Crippen LogP contribution >= 0.6 is 15.9 Å². The van der Waals surface area contributed by atoms with Crippen LogP contribution in [0.15, 0.2) is 27.6 Å². The van der Waals surface area contributed by atoms with Gasteiger partial charge in [0, 0.05) is 10.2 Å². The molecular weight excluding hydrogens is 368 g/mol. The summed E-state index contributed by atoms with van der Waals surface area (Å²) in [6.45, 7) is 0. The van der Waals surface area contributed by atoms with E-state index in [1.807, 2.05) is 0 Å². The van der Waals surface area contributed by atoms with Gasteiger partial charge in [-0.3, -0.25) is 4.72 Å². The topological polar surface area (TPSA) is 106 Å². The Morgan fingerprint density at radius 2 is 1.75 bits per heavy atom. The van der Waals surface area contributed by atoms with Gasteiger partial charge in [0.25, 0.3) is 0 Å². The molecule has 9 heteroatoms. The minimum absolute atomic E-state index is 0.0821. The molecule has 0 aliphatic heterocycles. The minimum atomic E-state index is -3.83. The van der Waals surface area contributed by atoms with Gasteiger partial charge in [0.15, 0.2) is 0 Å². The predicted octanol–water partition coefficient (Wildman–Crippen LogP) is 1.78. The fourth-order valence-electron chi connectivity index (χ4n) is 2.24. The molecule has 0 saturated heterocycles. The molecule has 0 amide bonds. The molecular formula is C11H15BrN2O4S2. The number of primary sulfonamides is 1. The van der Waals surface area contributed by atoms with E-state index in [9.17, 15) is 16.8 Å². The van der Waals surface area contributed by atoms with Gasteiger partial charge in [-0.05, 0) is 47.0 Å². The van der Waals surface area contributed by atoms with E-state index in [4.69, 9.17) is 5.14 Å². The molecule has 0 spiro atoms. The molecule has 1 aromatic rings. The Hall–Kier alpha value is -0.640. The molecule has 0 radical (unpaired) electrons. The van der Waals surface area contributed by atoms with Crippen LogP contribution in [-0.2, 0) is 20.0 Å². The lowest BCUT2D eigenvalue weighted by Crippen LogP contribution is -2.25. The number of rotatable bonds is 4. The Bertz CT molecular complexity index is 710. The van der Waals surface area contributed by atoms with Crippen molar-refractivity contribution in [2.75, 3.05) is 4.72 Å².